The molecule has 0 bridgehead atoms. The molecule has 0 saturated carbocycles. The van der Waals surface area contributed by atoms with Crippen LogP contribution in [0.1, 0.15) is 45.4 Å². The van der Waals surface area contributed by atoms with Crippen molar-refractivity contribution in [3.63, 3.8) is 0 Å². The quantitative estimate of drug-likeness (QED) is 0.177. The second kappa shape index (κ2) is 13.0. The first-order valence-corrected chi connectivity index (χ1v) is 11.2. The third kappa shape index (κ3) is 8.30. The van der Waals surface area contributed by atoms with Crippen LogP contribution in [0.3, 0.4) is 0 Å². The topological polar surface area (TPSA) is 84.7 Å². The van der Waals surface area contributed by atoms with Crippen molar-refractivity contribution in [3.05, 3.63) is 72.8 Å². The van der Waals surface area contributed by atoms with E-state index >= 15 is 0 Å². The Kier molecular flexibility index (Phi) is 9.39. The fraction of sp³-hybridized carbons (Fsp3) is 0.308. The first kappa shape index (κ1) is 23.1. The van der Waals surface area contributed by atoms with Crippen LogP contribution in [0.15, 0.2) is 93.3 Å². The minimum Gasteiger partial charge on any atom is -0.494 e. The lowest BCUT2D eigenvalue weighted by atomic mass is 10.1. The third-order valence-electron chi connectivity index (χ3n) is 4.91. The maximum atomic E-state index is 5.81. The molecule has 0 fully saturated rings. The molecule has 0 unspecified atom stereocenters. The Hall–Kier alpha value is -3.54. The molecule has 0 radical (unpaired) electrons. The summed E-state index contributed by atoms with van der Waals surface area (Å²) in [4.78, 5) is 0. The number of ether oxygens (including phenoxy) is 1. The van der Waals surface area contributed by atoms with Crippen LogP contribution in [-0.2, 0) is 0 Å². The SMILES string of the molecule is CCCCCCCCOc1ccc(N=Nc2ccc(N=Nc3ccc(N)cc3)cc2)cc1. The molecule has 3 rings (SSSR count). The summed E-state index contributed by atoms with van der Waals surface area (Å²) < 4.78 is 5.81. The van der Waals surface area contributed by atoms with Crippen LogP contribution in [-0.4, -0.2) is 6.61 Å². The standard InChI is InChI=1S/C26H31N5O/c1-2-3-4-5-6-7-20-32-26-18-16-25(17-19-26)31-30-24-14-12-23(13-15-24)29-28-22-10-8-21(27)9-11-22/h8-19H,2-7,20,27H2,1H3. The van der Waals surface area contributed by atoms with Gasteiger partial charge in [0.2, 0.25) is 0 Å². The van der Waals surface area contributed by atoms with Gasteiger partial charge in [-0.25, -0.2) is 0 Å². The summed E-state index contributed by atoms with van der Waals surface area (Å²) in [7, 11) is 0. The van der Waals surface area contributed by atoms with Gasteiger partial charge in [0.1, 0.15) is 5.75 Å². The normalized spacial score (nSPS) is 11.4. The molecule has 3 aromatic rings. The molecule has 32 heavy (non-hydrogen) atoms. The van der Waals surface area contributed by atoms with E-state index in [-0.39, 0.29) is 0 Å². The zero-order valence-corrected chi connectivity index (χ0v) is 18.7. The molecule has 0 amide bonds. The number of benzene rings is 3. The molecular weight excluding hydrogens is 398 g/mol. The number of unbranched alkanes of at least 4 members (excludes halogenated alkanes) is 5. The van der Waals surface area contributed by atoms with E-state index < -0.39 is 0 Å². The number of nitrogens with zero attached hydrogens (tertiary/aromatic N) is 4. The van der Waals surface area contributed by atoms with Crippen molar-refractivity contribution in [2.45, 2.75) is 45.4 Å². The zero-order chi connectivity index (χ0) is 22.4. The van der Waals surface area contributed by atoms with Crippen molar-refractivity contribution in [2.75, 3.05) is 12.3 Å². The van der Waals surface area contributed by atoms with E-state index in [1.165, 1.54) is 32.1 Å². The van der Waals surface area contributed by atoms with Crippen LogP contribution >= 0.6 is 0 Å². The molecule has 6 heteroatoms. The largest absolute Gasteiger partial charge is 0.494 e. The number of azo groups is 2. The predicted molar refractivity (Wildman–Crippen MR) is 131 cm³/mol. The highest BCUT2D eigenvalue weighted by atomic mass is 16.5. The Morgan fingerprint density at radius 2 is 0.969 bits per heavy atom. The van der Waals surface area contributed by atoms with Gasteiger partial charge in [-0.05, 0) is 79.2 Å². The van der Waals surface area contributed by atoms with Crippen molar-refractivity contribution < 1.29 is 4.74 Å². The maximum absolute atomic E-state index is 5.81. The third-order valence-corrected chi connectivity index (χ3v) is 4.91. The Morgan fingerprint density at radius 1 is 0.562 bits per heavy atom. The van der Waals surface area contributed by atoms with Gasteiger partial charge in [0, 0.05) is 5.69 Å². The Balaban J connectivity index is 1.44. The number of hydrogen-bond acceptors (Lipinski definition) is 6. The van der Waals surface area contributed by atoms with Gasteiger partial charge < -0.3 is 10.5 Å². The summed E-state index contributed by atoms with van der Waals surface area (Å²) in [5, 5.41) is 17.0. The summed E-state index contributed by atoms with van der Waals surface area (Å²) in [6, 6.07) is 22.4. The van der Waals surface area contributed by atoms with E-state index in [2.05, 4.69) is 27.4 Å². The Bertz CT molecular complexity index is 980. The van der Waals surface area contributed by atoms with E-state index in [1.54, 1.807) is 12.1 Å². The average molecular weight is 430 g/mol. The predicted octanol–water partition coefficient (Wildman–Crippen LogP) is 8.84. The van der Waals surface area contributed by atoms with Crippen molar-refractivity contribution in [1.82, 2.24) is 0 Å². The smallest absolute Gasteiger partial charge is 0.119 e. The number of nitrogen functional groups attached to an aromatic ring is 1. The Morgan fingerprint density at radius 3 is 1.47 bits per heavy atom. The highest BCUT2D eigenvalue weighted by molar-refractivity contribution is 5.50. The summed E-state index contributed by atoms with van der Waals surface area (Å²) in [5.74, 6) is 0.869. The molecule has 0 aliphatic heterocycles. The van der Waals surface area contributed by atoms with Crippen LogP contribution in [0, 0.1) is 0 Å². The summed E-state index contributed by atoms with van der Waals surface area (Å²) in [5.41, 5.74) is 9.40. The molecule has 2 N–H and O–H groups in total. The zero-order valence-electron chi connectivity index (χ0n) is 18.7. The number of anilines is 1. The second-order valence-electron chi connectivity index (χ2n) is 7.62. The molecule has 0 spiro atoms. The van der Waals surface area contributed by atoms with Crippen molar-refractivity contribution in [3.8, 4) is 5.75 Å². The van der Waals surface area contributed by atoms with Gasteiger partial charge in [0.15, 0.2) is 0 Å². The first-order valence-electron chi connectivity index (χ1n) is 11.2. The van der Waals surface area contributed by atoms with Gasteiger partial charge in [-0.2, -0.15) is 20.5 Å². The lowest BCUT2D eigenvalue weighted by Gasteiger charge is -2.06. The van der Waals surface area contributed by atoms with Gasteiger partial charge in [-0.15, -0.1) is 0 Å². The van der Waals surface area contributed by atoms with Crippen LogP contribution in [0.25, 0.3) is 0 Å². The maximum Gasteiger partial charge on any atom is 0.119 e. The van der Waals surface area contributed by atoms with Crippen LogP contribution < -0.4 is 10.5 Å². The van der Waals surface area contributed by atoms with Gasteiger partial charge in [0.05, 0.1) is 29.4 Å². The molecule has 0 aliphatic rings. The second-order valence-corrected chi connectivity index (χ2v) is 7.62. The highest BCUT2D eigenvalue weighted by Crippen LogP contribution is 2.25. The van der Waals surface area contributed by atoms with Crippen molar-refractivity contribution >= 4 is 28.4 Å². The molecule has 0 heterocycles. The fourth-order valence-corrected chi connectivity index (χ4v) is 3.04. The molecule has 0 saturated heterocycles. The number of rotatable bonds is 12. The fourth-order valence-electron chi connectivity index (χ4n) is 3.04. The van der Waals surface area contributed by atoms with E-state index in [0.29, 0.717) is 5.69 Å². The molecule has 0 atom stereocenters. The molecule has 3 aromatic carbocycles. The summed E-state index contributed by atoms with van der Waals surface area (Å²) >= 11 is 0. The highest BCUT2D eigenvalue weighted by Gasteiger charge is 1.97. The summed E-state index contributed by atoms with van der Waals surface area (Å²) in [6.07, 6.45) is 7.56. The molecule has 166 valence electrons. The van der Waals surface area contributed by atoms with Crippen LogP contribution in [0.2, 0.25) is 0 Å². The van der Waals surface area contributed by atoms with Gasteiger partial charge in [-0.1, -0.05) is 39.0 Å². The molecular formula is C26H31N5O. The van der Waals surface area contributed by atoms with Crippen molar-refractivity contribution in [2.24, 2.45) is 20.5 Å². The molecule has 0 aromatic heterocycles. The Labute approximate surface area is 190 Å². The lowest BCUT2D eigenvalue weighted by Crippen LogP contribution is -1.96. The van der Waals surface area contributed by atoms with Gasteiger partial charge in [-0.3, -0.25) is 0 Å². The van der Waals surface area contributed by atoms with Gasteiger partial charge in [0.25, 0.3) is 0 Å². The minimum absolute atomic E-state index is 0.703. The van der Waals surface area contributed by atoms with Crippen LogP contribution in [0.4, 0.5) is 28.4 Å². The van der Waals surface area contributed by atoms with E-state index in [4.69, 9.17) is 10.5 Å². The van der Waals surface area contributed by atoms with Gasteiger partial charge >= 0.3 is 0 Å². The summed E-state index contributed by atoms with van der Waals surface area (Å²) in [6.45, 7) is 3.00. The number of nitrogens with two attached hydrogens (primary N) is 1. The average Bonchev–Trinajstić information content (AvgIpc) is 2.83. The van der Waals surface area contributed by atoms with Crippen LogP contribution in [0.5, 0.6) is 5.75 Å². The molecule has 0 aliphatic carbocycles. The van der Waals surface area contributed by atoms with E-state index in [9.17, 15) is 0 Å². The first-order chi connectivity index (χ1) is 15.7. The van der Waals surface area contributed by atoms with E-state index in [1.807, 2.05) is 60.7 Å². The molecule has 6 nitrogen and oxygen atoms in total. The lowest BCUT2D eigenvalue weighted by molar-refractivity contribution is 0.304. The van der Waals surface area contributed by atoms with E-state index in [0.717, 1.165) is 41.5 Å². The van der Waals surface area contributed by atoms with Crippen molar-refractivity contribution in [1.29, 1.82) is 0 Å². The monoisotopic (exact) mass is 429 g/mol. The minimum atomic E-state index is 0.703. The number of hydrogen-bond donors (Lipinski definition) is 1.